The van der Waals surface area contributed by atoms with Gasteiger partial charge in [0.05, 0.1) is 25.5 Å². The van der Waals surface area contributed by atoms with Crippen molar-refractivity contribution in [1.29, 1.82) is 0 Å². The van der Waals surface area contributed by atoms with Crippen molar-refractivity contribution in [2.45, 2.75) is 38.8 Å². The van der Waals surface area contributed by atoms with Crippen LogP contribution < -0.4 is 19.1 Å². The molecule has 3 aromatic rings. The molecule has 1 saturated heterocycles. The highest BCUT2D eigenvalue weighted by atomic mass is 16.5. The lowest BCUT2D eigenvalue weighted by Gasteiger charge is -2.32. The minimum absolute atomic E-state index is 0.187. The molecule has 0 aliphatic carbocycles. The number of hydrogen-bond acceptors (Lipinski definition) is 8. The maximum atomic E-state index is 10.6. The Morgan fingerprint density at radius 2 is 1.66 bits per heavy atom. The van der Waals surface area contributed by atoms with Crippen LogP contribution in [0.3, 0.4) is 0 Å². The number of anilines is 1. The fourth-order valence-electron chi connectivity index (χ4n) is 4.74. The average molecular weight is 477 g/mol. The first-order valence-electron chi connectivity index (χ1n) is 12.2. The van der Waals surface area contributed by atoms with Crippen LogP contribution in [0.5, 0.6) is 28.9 Å². The van der Waals surface area contributed by atoms with Crippen LogP contribution in [0.15, 0.2) is 42.5 Å². The van der Waals surface area contributed by atoms with Gasteiger partial charge in [0, 0.05) is 44.7 Å². The summed E-state index contributed by atoms with van der Waals surface area (Å²) in [5, 5.41) is 10.6. The Hall–Kier alpha value is -3.52. The molecule has 0 atom stereocenters. The van der Waals surface area contributed by atoms with Crippen LogP contribution in [-0.4, -0.2) is 53.8 Å². The third-order valence-electron chi connectivity index (χ3n) is 6.70. The Bertz CT molecular complexity index is 1160. The zero-order valence-corrected chi connectivity index (χ0v) is 20.4. The van der Waals surface area contributed by atoms with Crippen LogP contribution in [0, 0.1) is 0 Å². The van der Waals surface area contributed by atoms with E-state index in [1.165, 1.54) is 6.42 Å². The van der Waals surface area contributed by atoms with E-state index in [1.807, 2.05) is 36.4 Å². The van der Waals surface area contributed by atoms with E-state index in [0.717, 1.165) is 67.4 Å². The maximum absolute atomic E-state index is 10.6. The van der Waals surface area contributed by atoms with E-state index in [4.69, 9.17) is 24.2 Å². The lowest BCUT2D eigenvalue weighted by Crippen LogP contribution is -2.34. The number of fused-ring (bicyclic) bond motifs is 1. The molecule has 0 bridgehead atoms. The number of aromatic nitrogens is 2. The first-order valence-corrected chi connectivity index (χ1v) is 12.2. The van der Waals surface area contributed by atoms with Gasteiger partial charge in [0.25, 0.3) is 0 Å². The van der Waals surface area contributed by atoms with Crippen LogP contribution in [0.2, 0.25) is 0 Å². The van der Waals surface area contributed by atoms with Gasteiger partial charge in [-0.15, -0.1) is 0 Å². The highest BCUT2D eigenvalue weighted by Gasteiger charge is 2.26. The molecular formula is C27H32N4O4. The Morgan fingerprint density at radius 3 is 2.40 bits per heavy atom. The van der Waals surface area contributed by atoms with E-state index in [2.05, 4.69) is 9.80 Å². The van der Waals surface area contributed by atoms with Crippen molar-refractivity contribution in [3.05, 3.63) is 59.3 Å². The van der Waals surface area contributed by atoms with E-state index in [-0.39, 0.29) is 5.75 Å². The summed E-state index contributed by atoms with van der Waals surface area (Å²) in [6.07, 6.45) is 4.37. The second-order valence-corrected chi connectivity index (χ2v) is 9.01. The quantitative estimate of drug-likeness (QED) is 0.532. The first-order chi connectivity index (χ1) is 17.1. The molecule has 0 saturated carbocycles. The van der Waals surface area contributed by atoms with Crippen molar-refractivity contribution < 1.29 is 19.3 Å². The molecule has 0 radical (unpaired) electrons. The summed E-state index contributed by atoms with van der Waals surface area (Å²) in [5.74, 6) is 3.51. The molecule has 2 aliphatic heterocycles. The van der Waals surface area contributed by atoms with Crippen molar-refractivity contribution >= 4 is 5.95 Å². The lowest BCUT2D eigenvalue weighted by molar-refractivity contribution is 0.234. The van der Waals surface area contributed by atoms with Crippen molar-refractivity contribution in [3.63, 3.8) is 0 Å². The zero-order valence-electron chi connectivity index (χ0n) is 20.4. The van der Waals surface area contributed by atoms with Crippen molar-refractivity contribution in [2.75, 3.05) is 38.8 Å². The first kappa shape index (κ1) is 23.2. The number of phenols is 1. The Labute approximate surface area is 206 Å². The second kappa shape index (κ2) is 10.4. The van der Waals surface area contributed by atoms with Crippen molar-refractivity contribution in [2.24, 2.45) is 0 Å². The number of rotatable bonds is 7. The molecule has 0 amide bonds. The average Bonchev–Trinajstić information content (AvgIpc) is 2.91. The predicted octanol–water partition coefficient (Wildman–Crippen LogP) is 4.54. The minimum Gasteiger partial charge on any atom is -0.504 e. The number of phenolic OH excluding ortho intramolecular Hbond substituents is 1. The molecule has 1 N–H and O–H groups in total. The molecule has 184 valence electrons. The van der Waals surface area contributed by atoms with E-state index >= 15 is 0 Å². The number of aromatic hydroxyl groups is 1. The summed E-state index contributed by atoms with van der Waals surface area (Å²) in [5.41, 5.74) is 2.86. The van der Waals surface area contributed by atoms with E-state index in [0.29, 0.717) is 30.5 Å². The molecule has 1 aromatic heterocycles. The predicted molar refractivity (Wildman–Crippen MR) is 134 cm³/mol. The Morgan fingerprint density at radius 1 is 0.886 bits per heavy atom. The van der Waals surface area contributed by atoms with Gasteiger partial charge in [-0.25, -0.2) is 4.98 Å². The number of ether oxygens (including phenoxy) is 3. The molecule has 1 fully saturated rings. The topological polar surface area (TPSA) is 80.2 Å². The number of nitrogens with zero attached hydrogens (tertiary/aromatic N) is 4. The number of benzene rings is 2. The molecule has 2 aliphatic rings. The third kappa shape index (κ3) is 5.12. The van der Waals surface area contributed by atoms with E-state index < -0.39 is 0 Å². The number of piperidine rings is 1. The molecule has 5 rings (SSSR count). The van der Waals surface area contributed by atoms with Gasteiger partial charge in [0.1, 0.15) is 11.5 Å². The van der Waals surface area contributed by atoms with Gasteiger partial charge in [0.15, 0.2) is 11.5 Å². The van der Waals surface area contributed by atoms with Crippen LogP contribution >= 0.6 is 0 Å². The maximum Gasteiger partial charge on any atom is 0.228 e. The van der Waals surface area contributed by atoms with Crippen molar-refractivity contribution in [1.82, 2.24) is 14.9 Å². The molecular weight excluding hydrogens is 444 g/mol. The second-order valence-electron chi connectivity index (χ2n) is 9.01. The van der Waals surface area contributed by atoms with Gasteiger partial charge in [-0.2, -0.15) is 4.98 Å². The summed E-state index contributed by atoms with van der Waals surface area (Å²) in [6.45, 7) is 4.02. The molecule has 8 nitrogen and oxygen atoms in total. The fourth-order valence-corrected chi connectivity index (χ4v) is 4.74. The highest BCUT2D eigenvalue weighted by molar-refractivity contribution is 5.46. The van der Waals surface area contributed by atoms with E-state index in [9.17, 15) is 5.11 Å². The summed E-state index contributed by atoms with van der Waals surface area (Å²) in [4.78, 5) is 14.4. The smallest absolute Gasteiger partial charge is 0.228 e. The van der Waals surface area contributed by atoms with Gasteiger partial charge in [-0.05, 0) is 49.6 Å². The number of hydrogen-bond donors (Lipinski definition) is 1. The molecule has 35 heavy (non-hydrogen) atoms. The molecule has 3 heterocycles. The van der Waals surface area contributed by atoms with Crippen LogP contribution in [-0.2, 0) is 19.5 Å². The van der Waals surface area contributed by atoms with Gasteiger partial charge in [-0.3, -0.25) is 4.90 Å². The largest absolute Gasteiger partial charge is 0.504 e. The SMILES string of the molecule is COc1ccc(Oc2nc(N3CCCCC3)nc3c2CN(Cc2cccc(OC)c2O)CC3)cc1. The third-order valence-corrected chi connectivity index (χ3v) is 6.70. The van der Waals surface area contributed by atoms with Gasteiger partial charge in [0.2, 0.25) is 11.8 Å². The molecule has 0 spiro atoms. The summed E-state index contributed by atoms with van der Waals surface area (Å²) in [6, 6.07) is 13.1. The van der Waals surface area contributed by atoms with Crippen LogP contribution in [0.25, 0.3) is 0 Å². The van der Waals surface area contributed by atoms with Crippen LogP contribution in [0.4, 0.5) is 5.95 Å². The van der Waals surface area contributed by atoms with Gasteiger partial charge < -0.3 is 24.2 Å². The van der Waals surface area contributed by atoms with Crippen LogP contribution in [0.1, 0.15) is 36.1 Å². The number of para-hydroxylation sites is 1. The zero-order chi connectivity index (χ0) is 24.2. The minimum atomic E-state index is 0.187. The summed E-state index contributed by atoms with van der Waals surface area (Å²) >= 11 is 0. The normalized spacial score (nSPS) is 16.0. The van der Waals surface area contributed by atoms with Gasteiger partial charge in [-0.1, -0.05) is 12.1 Å². The highest BCUT2D eigenvalue weighted by Crippen LogP contribution is 2.35. The summed E-state index contributed by atoms with van der Waals surface area (Å²) in [7, 11) is 3.21. The van der Waals surface area contributed by atoms with E-state index in [1.54, 1.807) is 20.3 Å². The monoisotopic (exact) mass is 476 g/mol. The molecule has 0 unspecified atom stereocenters. The molecule has 2 aromatic carbocycles. The summed E-state index contributed by atoms with van der Waals surface area (Å²) < 4.78 is 16.9. The standard InChI is InChI=1S/C27H32N4O4/c1-33-20-9-11-21(12-10-20)35-26-22-18-30(17-19-7-6-8-24(34-2)25(19)32)16-13-23(22)28-27(29-26)31-14-4-3-5-15-31/h6-12,32H,3-5,13-18H2,1-2H3. The van der Waals surface area contributed by atoms with Gasteiger partial charge >= 0.3 is 0 Å². The fraction of sp³-hybridized carbons (Fsp3) is 0.407. The van der Waals surface area contributed by atoms with Crippen molar-refractivity contribution in [3.8, 4) is 28.9 Å². The lowest BCUT2D eigenvalue weighted by atomic mass is 10.0. The number of methoxy groups -OCH3 is 2. The Kier molecular flexibility index (Phi) is 6.90. The molecule has 8 heteroatoms. The Balaban J connectivity index is 1.44.